The van der Waals surface area contributed by atoms with Crippen LogP contribution in [0.15, 0.2) is 34.9 Å². The lowest BCUT2D eigenvalue weighted by Crippen LogP contribution is -2.52. The summed E-state index contributed by atoms with van der Waals surface area (Å²) >= 11 is 0. The van der Waals surface area contributed by atoms with Crippen LogP contribution in [0.1, 0.15) is 30.0 Å². The fourth-order valence-electron chi connectivity index (χ4n) is 3.10. The van der Waals surface area contributed by atoms with Gasteiger partial charge in [0.25, 0.3) is 0 Å². The molecule has 1 aliphatic rings. The van der Waals surface area contributed by atoms with Gasteiger partial charge in [-0.1, -0.05) is 5.16 Å². The van der Waals surface area contributed by atoms with Crippen LogP contribution in [0.5, 0.6) is 0 Å². The molecule has 1 fully saturated rings. The minimum atomic E-state index is -0.241. The molecule has 7 nitrogen and oxygen atoms in total. The molecule has 138 valence electrons. The van der Waals surface area contributed by atoms with Gasteiger partial charge in [0.2, 0.25) is 5.91 Å². The van der Waals surface area contributed by atoms with Gasteiger partial charge in [0, 0.05) is 43.5 Å². The minimum Gasteiger partial charge on any atom is -0.369 e. The molecule has 1 atom stereocenters. The Hall–Kier alpha value is -2.67. The number of Topliss-reactive ketones (excluding diaryl/α,β-unsaturated/α-hetero) is 1. The summed E-state index contributed by atoms with van der Waals surface area (Å²) in [5.41, 5.74) is 1.82. The highest BCUT2D eigenvalue weighted by Gasteiger charge is 2.26. The van der Waals surface area contributed by atoms with Crippen LogP contribution in [0.4, 0.5) is 11.5 Å². The number of rotatable bonds is 5. The second-order valence-corrected chi connectivity index (χ2v) is 6.61. The van der Waals surface area contributed by atoms with Crippen molar-refractivity contribution < 1.29 is 14.1 Å². The summed E-state index contributed by atoms with van der Waals surface area (Å²) in [6.07, 6.45) is 0. The number of carbonyl (C=O) groups is 2. The van der Waals surface area contributed by atoms with E-state index < -0.39 is 0 Å². The first kappa shape index (κ1) is 18.1. The van der Waals surface area contributed by atoms with E-state index in [0.29, 0.717) is 11.6 Å². The Morgan fingerprint density at radius 1 is 1.15 bits per heavy atom. The van der Waals surface area contributed by atoms with Gasteiger partial charge in [0.1, 0.15) is 5.76 Å². The SMILES string of the molecule is CC(=O)c1ccc(N2CCN(C(C)C(=O)Nc3cc(C)on3)CC2)cc1. The van der Waals surface area contributed by atoms with E-state index in [4.69, 9.17) is 4.52 Å². The van der Waals surface area contributed by atoms with E-state index in [9.17, 15) is 9.59 Å². The molecular formula is C19H24N4O3. The van der Waals surface area contributed by atoms with Crippen LogP contribution < -0.4 is 10.2 Å². The molecule has 1 saturated heterocycles. The van der Waals surface area contributed by atoms with Crippen molar-refractivity contribution in [3.63, 3.8) is 0 Å². The summed E-state index contributed by atoms with van der Waals surface area (Å²) in [5.74, 6) is 1.10. The molecule has 2 aromatic rings. The van der Waals surface area contributed by atoms with Gasteiger partial charge >= 0.3 is 0 Å². The van der Waals surface area contributed by atoms with Gasteiger partial charge in [-0.15, -0.1) is 0 Å². The van der Waals surface area contributed by atoms with E-state index in [2.05, 4.69) is 20.3 Å². The molecule has 0 aliphatic carbocycles. The molecule has 3 rings (SSSR count). The van der Waals surface area contributed by atoms with Crippen molar-refractivity contribution in [2.24, 2.45) is 0 Å². The highest BCUT2D eigenvalue weighted by Crippen LogP contribution is 2.19. The van der Waals surface area contributed by atoms with E-state index in [0.717, 1.165) is 37.4 Å². The molecule has 0 radical (unpaired) electrons. The minimum absolute atomic E-state index is 0.0727. The van der Waals surface area contributed by atoms with Gasteiger partial charge in [-0.3, -0.25) is 14.5 Å². The van der Waals surface area contributed by atoms with E-state index in [1.165, 1.54) is 0 Å². The number of nitrogens with one attached hydrogen (secondary N) is 1. The van der Waals surface area contributed by atoms with Crippen LogP contribution in [0.25, 0.3) is 0 Å². The van der Waals surface area contributed by atoms with E-state index in [-0.39, 0.29) is 17.7 Å². The van der Waals surface area contributed by atoms with Crippen molar-refractivity contribution >= 4 is 23.2 Å². The van der Waals surface area contributed by atoms with Crippen LogP contribution in [0.2, 0.25) is 0 Å². The van der Waals surface area contributed by atoms with Gasteiger partial charge < -0.3 is 14.7 Å². The van der Waals surface area contributed by atoms with Crippen molar-refractivity contribution in [2.45, 2.75) is 26.8 Å². The molecule has 1 aromatic heterocycles. The normalized spacial score (nSPS) is 16.3. The third-order valence-corrected chi connectivity index (χ3v) is 4.76. The molecule has 0 spiro atoms. The number of aryl methyl sites for hydroxylation is 1. The Kier molecular flexibility index (Phi) is 5.37. The molecule has 2 heterocycles. The first-order chi connectivity index (χ1) is 12.4. The molecule has 1 N–H and O–H groups in total. The van der Waals surface area contributed by atoms with E-state index in [1.807, 2.05) is 31.2 Å². The predicted octanol–water partition coefficient (Wildman–Crippen LogP) is 2.33. The van der Waals surface area contributed by atoms with Crippen LogP contribution in [-0.2, 0) is 4.79 Å². The van der Waals surface area contributed by atoms with Crippen molar-refractivity contribution in [1.29, 1.82) is 0 Å². The fourth-order valence-corrected chi connectivity index (χ4v) is 3.10. The standard InChI is InChI=1S/C19H24N4O3/c1-13-12-18(21-26-13)20-19(25)14(2)22-8-10-23(11-9-22)17-6-4-16(5-7-17)15(3)24/h4-7,12,14H,8-11H2,1-3H3,(H,20,21,25). The van der Waals surface area contributed by atoms with E-state index in [1.54, 1.807) is 19.9 Å². The number of anilines is 2. The molecule has 1 aromatic carbocycles. The van der Waals surface area contributed by atoms with Gasteiger partial charge in [-0.25, -0.2) is 0 Å². The average molecular weight is 356 g/mol. The number of hydrogen-bond donors (Lipinski definition) is 1. The zero-order chi connectivity index (χ0) is 18.7. The third-order valence-electron chi connectivity index (χ3n) is 4.76. The topological polar surface area (TPSA) is 78.7 Å². The molecule has 26 heavy (non-hydrogen) atoms. The molecule has 0 bridgehead atoms. The molecule has 1 amide bonds. The number of hydrogen-bond acceptors (Lipinski definition) is 6. The maximum Gasteiger partial charge on any atom is 0.242 e. The van der Waals surface area contributed by atoms with Gasteiger partial charge in [-0.05, 0) is 45.0 Å². The summed E-state index contributed by atoms with van der Waals surface area (Å²) in [6.45, 7) is 8.51. The molecular weight excluding hydrogens is 332 g/mol. The number of aromatic nitrogens is 1. The monoisotopic (exact) mass is 356 g/mol. The lowest BCUT2D eigenvalue weighted by Gasteiger charge is -2.38. The van der Waals surface area contributed by atoms with Crippen LogP contribution in [0, 0.1) is 6.92 Å². The summed E-state index contributed by atoms with van der Waals surface area (Å²) in [6, 6.07) is 9.15. The van der Waals surface area contributed by atoms with Crippen molar-refractivity contribution in [3.05, 3.63) is 41.7 Å². The number of carbonyl (C=O) groups excluding carboxylic acids is 2. The second-order valence-electron chi connectivity index (χ2n) is 6.61. The predicted molar refractivity (Wildman–Crippen MR) is 99.6 cm³/mol. The molecule has 0 saturated carbocycles. The van der Waals surface area contributed by atoms with Crippen molar-refractivity contribution in [1.82, 2.24) is 10.1 Å². The smallest absolute Gasteiger partial charge is 0.242 e. The van der Waals surface area contributed by atoms with Crippen LogP contribution >= 0.6 is 0 Å². The summed E-state index contributed by atoms with van der Waals surface area (Å²) in [4.78, 5) is 28.2. The average Bonchev–Trinajstić information content (AvgIpc) is 3.06. The number of piperazine rings is 1. The largest absolute Gasteiger partial charge is 0.369 e. The lowest BCUT2D eigenvalue weighted by atomic mass is 10.1. The highest BCUT2D eigenvalue weighted by atomic mass is 16.5. The first-order valence-electron chi connectivity index (χ1n) is 8.78. The highest BCUT2D eigenvalue weighted by molar-refractivity contribution is 5.94. The van der Waals surface area contributed by atoms with Crippen LogP contribution in [-0.4, -0.2) is 54.0 Å². The van der Waals surface area contributed by atoms with Crippen molar-refractivity contribution in [2.75, 3.05) is 36.4 Å². The summed E-state index contributed by atoms with van der Waals surface area (Å²) in [7, 11) is 0. The fraction of sp³-hybridized carbons (Fsp3) is 0.421. The Balaban J connectivity index is 1.54. The summed E-state index contributed by atoms with van der Waals surface area (Å²) < 4.78 is 4.97. The van der Waals surface area contributed by atoms with Gasteiger partial charge in [-0.2, -0.15) is 0 Å². The molecule has 1 aliphatic heterocycles. The Bertz CT molecular complexity index is 776. The van der Waals surface area contributed by atoms with Gasteiger partial charge in [0.05, 0.1) is 6.04 Å². The quantitative estimate of drug-likeness (QED) is 0.829. The maximum absolute atomic E-state index is 12.4. The Labute approximate surface area is 152 Å². The van der Waals surface area contributed by atoms with E-state index >= 15 is 0 Å². The zero-order valence-corrected chi connectivity index (χ0v) is 15.4. The molecule has 1 unspecified atom stereocenters. The van der Waals surface area contributed by atoms with Crippen molar-refractivity contribution in [3.8, 4) is 0 Å². The number of ketones is 1. The van der Waals surface area contributed by atoms with Crippen LogP contribution in [0.3, 0.4) is 0 Å². The summed E-state index contributed by atoms with van der Waals surface area (Å²) in [5, 5.41) is 6.59. The third kappa shape index (κ3) is 4.11. The number of benzene rings is 1. The Morgan fingerprint density at radius 2 is 1.81 bits per heavy atom. The Morgan fingerprint density at radius 3 is 2.35 bits per heavy atom. The second kappa shape index (κ2) is 7.70. The number of amides is 1. The number of nitrogens with zero attached hydrogens (tertiary/aromatic N) is 3. The lowest BCUT2D eigenvalue weighted by molar-refractivity contribution is -0.120. The zero-order valence-electron chi connectivity index (χ0n) is 15.4. The first-order valence-corrected chi connectivity index (χ1v) is 8.78. The maximum atomic E-state index is 12.4. The molecule has 7 heteroatoms. The van der Waals surface area contributed by atoms with Gasteiger partial charge in [0.15, 0.2) is 11.6 Å².